The van der Waals surface area contributed by atoms with E-state index in [9.17, 15) is 24.5 Å². The molecule has 0 saturated carbocycles. The van der Waals surface area contributed by atoms with Gasteiger partial charge in [-0.25, -0.2) is 0 Å². The Hall–Kier alpha value is -3.75. The lowest BCUT2D eigenvalue weighted by atomic mass is 10.0. The van der Waals surface area contributed by atoms with E-state index in [4.69, 9.17) is 0 Å². The van der Waals surface area contributed by atoms with Crippen LogP contribution in [0.3, 0.4) is 0 Å². The number of rotatable bonds is 7. The summed E-state index contributed by atoms with van der Waals surface area (Å²) in [5.74, 6) is -1.07. The van der Waals surface area contributed by atoms with Crippen LogP contribution in [-0.2, 0) is 20.8 Å². The number of nitrogens with zero attached hydrogens (tertiary/aromatic N) is 1. The molecule has 0 spiro atoms. The Morgan fingerprint density at radius 2 is 1.83 bits per heavy atom. The van der Waals surface area contributed by atoms with Crippen LogP contribution in [0.5, 0.6) is 0 Å². The summed E-state index contributed by atoms with van der Waals surface area (Å²) in [5.41, 5.74) is 1.14. The number of carbonyl (C=O) groups is 3. The average Bonchev–Trinajstić information content (AvgIpc) is 3.15. The number of nitro benzene ring substituents is 1. The Morgan fingerprint density at radius 1 is 1.14 bits per heavy atom. The summed E-state index contributed by atoms with van der Waals surface area (Å²) in [4.78, 5) is 46.9. The molecule has 0 aliphatic carbocycles. The summed E-state index contributed by atoms with van der Waals surface area (Å²) in [5, 5.41) is 18.7. The highest BCUT2D eigenvalue weighted by molar-refractivity contribution is 5.99. The van der Waals surface area contributed by atoms with Gasteiger partial charge in [0.15, 0.2) is 0 Å². The Morgan fingerprint density at radius 3 is 2.41 bits per heavy atom. The number of hydrogen-bond acceptors (Lipinski definition) is 5. The third kappa shape index (κ3) is 5.38. The van der Waals surface area contributed by atoms with Crippen molar-refractivity contribution >= 4 is 29.1 Å². The number of hydrogen-bond donors (Lipinski definition) is 3. The highest BCUT2D eigenvalue weighted by Crippen LogP contribution is 2.16. The molecule has 2 atom stereocenters. The normalized spacial score (nSPS) is 16.6. The van der Waals surface area contributed by atoms with E-state index in [2.05, 4.69) is 16.0 Å². The molecular weight excluding hydrogens is 376 g/mol. The van der Waals surface area contributed by atoms with Crippen LogP contribution < -0.4 is 16.0 Å². The second-order valence-electron chi connectivity index (χ2n) is 6.70. The number of nitro groups is 1. The van der Waals surface area contributed by atoms with Gasteiger partial charge in [0.2, 0.25) is 17.7 Å². The maximum absolute atomic E-state index is 12.8. The quantitative estimate of drug-likeness (QED) is 0.483. The summed E-state index contributed by atoms with van der Waals surface area (Å²) in [6.45, 7) is 0. The van der Waals surface area contributed by atoms with Gasteiger partial charge in [-0.3, -0.25) is 24.5 Å². The summed E-state index contributed by atoms with van der Waals surface area (Å²) in [6, 6.07) is 13.1. The molecule has 1 saturated heterocycles. The largest absolute Gasteiger partial charge is 0.344 e. The molecule has 150 valence electrons. The zero-order chi connectivity index (χ0) is 20.8. The number of carbonyl (C=O) groups excluding carboxylic acids is 3. The minimum Gasteiger partial charge on any atom is -0.344 e. The molecule has 1 fully saturated rings. The Labute approximate surface area is 166 Å². The zero-order valence-corrected chi connectivity index (χ0v) is 15.5. The van der Waals surface area contributed by atoms with Crippen LogP contribution in [0.25, 0.3) is 0 Å². The maximum atomic E-state index is 12.8. The number of amides is 3. The van der Waals surface area contributed by atoms with Crippen molar-refractivity contribution in [2.75, 3.05) is 5.32 Å². The molecule has 2 aromatic carbocycles. The van der Waals surface area contributed by atoms with Gasteiger partial charge in [-0.1, -0.05) is 30.3 Å². The van der Waals surface area contributed by atoms with Crippen LogP contribution in [0.1, 0.15) is 18.4 Å². The molecule has 1 aliphatic heterocycles. The molecule has 1 aliphatic rings. The third-order valence-corrected chi connectivity index (χ3v) is 4.57. The molecular formula is C20H20N4O5. The van der Waals surface area contributed by atoms with Gasteiger partial charge in [0.05, 0.1) is 4.92 Å². The fraction of sp³-hybridized carbons (Fsp3) is 0.250. The van der Waals surface area contributed by atoms with Crippen molar-refractivity contribution in [3.05, 3.63) is 70.3 Å². The molecule has 0 radical (unpaired) electrons. The SMILES string of the molecule is O=C1CC[C@H](C(=O)N[C@H](Cc2ccccc2)C(=O)Nc2ccc([N+](=O)[O-])cc2)N1. The second kappa shape index (κ2) is 8.96. The Balaban J connectivity index is 1.72. The number of non-ortho nitro benzene ring substituents is 1. The lowest BCUT2D eigenvalue weighted by Gasteiger charge is -2.20. The molecule has 29 heavy (non-hydrogen) atoms. The number of anilines is 1. The summed E-state index contributed by atoms with van der Waals surface area (Å²) < 4.78 is 0. The highest BCUT2D eigenvalue weighted by Gasteiger charge is 2.30. The van der Waals surface area contributed by atoms with E-state index in [1.165, 1.54) is 24.3 Å². The molecule has 3 N–H and O–H groups in total. The van der Waals surface area contributed by atoms with Crippen molar-refractivity contribution in [1.82, 2.24) is 10.6 Å². The van der Waals surface area contributed by atoms with Crippen molar-refractivity contribution in [3.63, 3.8) is 0 Å². The summed E-state index contributed by atoms with van der Waals surface area (Å²) >= 11 is 0. The molecule has 0 aromatic heterocycles. The van der Waals surface area contributed by atoms with Crippen LogP contribution in [0.2, 0.25) is 0 Å². The monoisotopic (exact) mass is 396 g/mol. The van der Waals surface area contributed by atoms with E-state index >= 15 is 0 Å². The lowest BCUT2D eigenvalue weighted by Crippen LogP contribution is -2.51. The van der Waals surface area contributed by atoms with Crippen LogP contribution in [-0.4, -0.2) is 34.7 Å². The topological polar surface area (TPSA) is 130 Å². The van der Waals surface area contributed by atoms with Crippen molar-refractivity contribution in [2.45, 2.75) is 31.3 Å². The first-order valence-corrected chi connectivity index (χ1v) is 9.11. The Bertz CT molecular complexity index is 914. The van der Waals surface area contributed by atoms with Gasteiger partial charge in [-0.2, -0.15) is 0 Å². The third-order valence-electron chi connectivity index (χ3n) is 4.57. The number of benzene rings is 2. The lowest BCUT2D eigenvalue weighted by molar-refractivity contribution is -0.384. The number of nitrogens with one attached hydrogen (secondary N) is 3. The smallest absolute Gasteiger partial charge is 0.269 e. The fourth-order valence-electron chi connectivity index (χ4n) is 3.04. The van der Waals surface area contributed by atoms with Crippen LogP contribution in [0.15, 0.2) is 54.6 Å². The van der Waals surface area contributed by atoms with Gasteiger partial charge >= 0.3 is 0 Å². The summed E-state index contributed by atoms with van der Waals surface area (Å²) in [6.07, 6.45) is 0.912. The van der Waals surface area contributed by atoms with Gasteiger partial charge in [0, 0.05) is 30.7 Å². The summed E-state index contributed by atoms with van der Waals surface area (Å²) in [7, 11) is 0. The molecule has 9 nitrogen and oxygen atoms in total. The van der Waals surface area contributed by atoms with Crippen molar-refractivity contribution in [2.24, 2.45) is 0 Å². The predicted octanol–water partition coefficient (Wildman–Crippen LogP) is 1.54. The first kappa shape index (κ1) is 20.0. The van der Waals surface area contributed by atoms with E-state index in [1.54, 1.807) is 0 Å². The Kier molecular flexibility index (Phi) is 6.18. The van der Waals surface area contributed by atoms with Crippen LogP contribution in [0.4, 0.5) is 11.4 Å². The van der Waals surface area contributed by atoms with E-state index in [0.29, 0.717) is 12.1 Å². The van der Waals surface area contributed by atoms with E-state index < -0.39 is 28.8 Å². The van der Waals surface area contributed by atoms with Gasteiger partial charge in [-0.15, -0.1) is 0 Å². The van der Waals surface area contributed by atoms with Gasteiger partial charge in [0.1, 0.15) is 12.1 Å². The van der Waals surface area contributed by atoms with Gasteiger partial charge < -0.3 is 16.0 Å². The first-order chi connectivity index (χ1) is 13.9. The van der Waals surface area contributed by atoms with E-state index in [-0.39, 0.29) is 24.4 Å². The first-order valence-electron chi connectivity index (χ1n) is 9.11. The average molecular weight is 396 g/mol. The fourth-order valence-corrected chi connectivity index (χ4v) is 3.04. The molecule has 3 rings (SSSR count). The standard InChI is InChI=1S/C20H20N4O5/c25-18-11-10-16(22-18)19(26)23-17(12-13-4-2-1-3-5-13)20(27)21-14-6-8-15(9-7-14)24(28)29/h1-9,16-17H,10-12H2,(H,21,27)(H,22,25)(H,23,26)/t16-,17-/m1/s1. The van der Waals surface area contributed by atoms with Crippen molar-refractivity contribution in [3.8, 4) is 0 Å². The highest BCUT2D eigenvalue weighted by atomic mass is 16.6. The molecule has 9 heteroatoms. The van der Waals surface area contributed by atoms with Gasteiger partial charge in [0.25, 0.3) is 5.69 Å². The molecule has 2 aromatic rings. The molecule has 3 amide bonds. The molecule has 1 heterocycles. The zero-order valence-electron chi connectivity index (χ0n) is 15.5. The minimum atomic E-state index is -0.877. The van der Waals surface area contributed by atoms with Crippen LogP contribution >= 0.6 is 0 Å². The molecule has 0 unspecified atom stereocenters. The van der Waals surface area contributed by atoms with Gasteiger partial charge in [-0.05, 0) is 24.1 Å². The van der Waals surface area contributed by atoms with E-state index in [0.717, 1.165) is 5.56 Å². The molecule has 0 bridgehead atoms. The van der Waals surface area contributed by atoms with E-state index in [1.807, 2.05) is 30.3 Å². The predicted molar refractivity (Wildman–Crippen MR) is 105 cm³/mol. The van der Waals surface area contributed by atoms with Crippen molar-refractivity contribution < 1.29 is 19.3 Å². The maximum Gasteiger partial charge on any atom is 0.269 e. The minimum absolute atomic E-state index is 0.0888. The second-order valence-corrected chi connectivity index (χ2v) is 6.70. The van der Waals surface area contributed by atoms with Crippen LogP contribution in [0, 0.1) is 10.1 Å². The van der Waals surface area contributed by atoms with Crippen molar-refractivity contribution in [1.29, 1.82) is 0 Å².